The van der Waals surface area contributed by atoms with Crippen molar-refractivity contribution < 1.29 is 9.32 Å². The number of hydrogen-bond donors (Lipinski definition) is 1. The van der Waals surface area contributed by atoms with E-state index in [-0.39, 0.29) is 29.8 Å². The standard InChI is InChI=1S/C16H22N4O3/c1-11-14-15(23-19-11)17-10-20(16(14)22)9-13(21)18-12-7-5-3-2-4-6-8-12/h10,12H,2-9H2,1H3,(H,18,21). The van der Waals surface area contributed by atoms with Gasteiger partial charge < -0.3 is 9.84 Å². The van der Waals surface area contributed by atoms with Crippen LogP contribution in [0.15, 0.2) is 15.6 Å². The van der Waals surface area contributed by atoms with Gasteiger partial charge in [-0.1, -0.05) is 37.3 Å². The molecule has 7 nitrogen and oxygen atoms in total. The quantitative estimate of drug-likeness (QED) is 0.934. The highest BCUT2D eigenvalue weighted by atomic mass is 16.5. The molecule has 0 spiro atoms. The van der Waals surface area contributed by atoms with Gasteiger partial charge in [0.05, 0.1) is 5.69 Å². The molecule has 1 N–H and O–H groups in total. The van der Waals surface area contributed by atoms with Crippen LogP contribution in [-0.2, 0) is 11.3 Å². The van der Waals surface area contributed by atoms with Gasteiger partial charge in [0, 0.05) is 6.04 Å². The molecule has 2 aromatic rings. The smallest absolute Gasteiger partial charge is 0.267 e. The van der Waals surface area contributed by atoms with Gasteiger partial charge in [0.25, 0.3) is 11.3 Å². The number of hydrogen-bond acceptors (Lipinski definition) is 5. The third kappa shape index (κ3) is 3.60. The van der Waals surface area contributed by atoms with Crippen LogP contribution in [0.4, 0.5) is 0 Å². The molecule has 0 saturated heterocycles. The minimum atomic E-state index is -0.290. The topological polar surface area (TPSA) is 90.0 Å². The summed E-state index contributed by atoms with van der Waals surface area (Å²) >= 11 is 0. The molecule has 1 saturated carbocycles. The first-order chi connectivity index (χ1) is 11.1. The van der Waals surface area contributed by atoms with Crippen molar-refractivity contribution in [1.29, 1.82) is 0 Å². The van der Waals surface area contributed by atoms with Crippen LogP contribution in [0, 0.1) is 6.92 Å². The molecule has 1 aliphatic carbocycles. The molecule has 7 heteroatoms. The second kappa shape index (κ2) is 6.93. The number of rotatable bonds is 3. The van der Waals surface area contributed by atoms with Gasteiger partial charge in [-0.3, -0.25) is 14.2 Å². The maximum Gasteiger partial charge on any atom is 0.267 e. The lowest BCUT2D eigenvalue weighted by atomic mass is 9.97. The van der Waals surface area contributed by atoms with Gasteiger partial charge >= 0.3 is 0 Å². The van der Waals surface area contributed by atoms with Crippen molar-refractivity contribution in [1.82, 2.24) is 20.0 Å². The summed E-state index contributed by atoms with van der Waals surface area (Å²) in [6.45, 7) is 1.66. The predicted octanol–water partition coefficient (Wildman–Crippen LogP) is 1.92. The highest BCUT2D eigenvalue weighted by Gasteiger charge is 2.17. The van der Waals surface area contributed by atoms with Crippen molar-refractivity contribution in [3.05, 3.63) is 22.4 Å². The average molecular weight is 318 g/mol. The second-order valence-electron chi connectivity index (χ2n) is 6.24. The molecule has 0 aliphatic heterocycles. The number of fused-ring (bicyclic) bond motifs is 1. The molecule has 0 radical (unpaired) electrons. The van der Waals surface area contributed by atoms with Crippen LogP contribution in [0.25, 0.3) is 11.1 Å². The number of carbonyl (C=O) groups is 1. The number of nitrogens with one attached hydrogen (secondary N) is 1. The van der Waals surface area contributed by atoms with Gasteiger partial charge in [0.1, 0.15) is 18.3 Å². The second-order valence-corrected chi connectivity index (χ2v) is 6.24. The number of nitrogens with zero attached hydrogens (tertiary/aromatic N) is 3. The summed E-state index contributed by atoms with van der Waals surface area (Å²) in [7, 11) is 0. The lowest BCUT2D eigenvalue weighted by molar-refractivity contribution is -0.122. The zero-order valence-electron chi connectivity index (χ0n) is 13.4. The van der Waals surface area contributed by atoms with E-state index in [1.165, 1.54) is 30.2 Å². The van der Waals surface area contributed by atoms with Crippen molar-refractivity contribution in [2.75, 3.05) is 0 Å². The van der Waals surface area contributed by atoms with Crippen molar-refractivity contribution in [3.63, 3.8) is 0 Å². The van der Waals surface area contributed by atoms with Gasteiger partial charge in [-0.05, 0) is 19.8 Å². The van der Waals surface area contributed by atoms with Crippen LogP contribution in [0.5, 0.6) is 0 Å². The summed E-state index contributed by atoms with van der Waals surface area (Å²) < 4.78 is 6.27. The summed E-state index contributed by atoms with van der Waals surface area (Å²) in [5.74, 6) is -0.145. The zero-order valence-corrected chi connectivity index (χ0v) is 13.4. The molecule has 1 amide bonds. The highest BCUT2D eigenvalue weighted by molar-refractivity contribution is 5.77. The molecule has 1 fully saturated rings. The van der Waals surface area contributed by atoms with Gasteiger partial charge in [-0.15, -0.1) is 0 Å². The molecule has 0 atom stereocenters. The van der Waals surface area contributed by atoms with Gasteiger partial charge in [-0.25, -0.2) is 4.98 Å². The van der Waals surface area contributed by atoms with E-state index in [1.54, 1.807) is 6.92 Å². The van der Waals surface area contributed by atoms with E-state index in [9.17, 15) is 9.59 Å². The summed E-state index contributed by atoms with van der Waals surface area (Å²) in [5.41, 5.74) is 0.415. The lowest BCUT2D eigenvalue weighted by Crippen LogP contribution is -2.39. The van der Waals surface area contributed by atoms with E-state index < -0.39 is 0 Å². The van der Waals surface area contributed by atoms with E-state index in [2.05, 4.69) is 15.5 Å². The van der Waals surface area contributed by atoms with E-state index >= 15 is 0 Å². The molecule has 3 rings (SSSR count). The largest absolute Gasteiger partial charge is 0.352 e. The first kappa shape index (κ1) is 15.7. The van der Waals surface area contributed by atoms with Gasteiger partial charge in [0.15, 0.2) is 0 Å². The number of amides is 1. The maximum atomic E-state index is 12.4. The Morgan fingerprint density at radius 2 is 2.00 bits per heavy atom. The molecule has 0 bridgehead atoms. The highest BCUT2D eigenvalue weighted by Crippen LogP contribution is 2.17. The lowest BCUT2D eigenvalue weighted by Gasteiger charge is -2.21. The molecule has 0 aromatic carbocycles. The van der Waals surface area contributed by atoms with E-state index in [4.69, 9.17) is 4.52 Å². The van der Waals surface area contributed by atoms with Gasteiger partial charge in [0.2, 0.25) is 5.91 Å². The van der Waals surface area contributed by atoms with Gasteiger partial charge in [-0.2, -0.15) is 0 Å². The SMILES string of the molecule is Cc1noc2ncn(CC(=O)NC3CCCCCCC3)c(=O)c12. The van der Waals surface area contributed by atoms with E-state index in [1.807, 2.05) is 0 Å². The molecule has 2 heterocycles. The summed E-state index contributed by atoms with van der Waals surface area (Å²) in [6, 6.07) is 0.215. The molecular formula is C16H22N4O3. The van der Waals surface area contributed by atoms with Crippen molar-refractivity contribution in [2.24, 2.45) is 0 Å². The molecular weight excluding hydrogens is 296 g/mol. The van der Waals surface area contributed by atoms with Crippen molar-refractivity contribution >= 4 is 17.0 Å². The molecule has 2 aromatic heterocycles. The maximum absolute atomic E-state index is 12.4. The Labute approximate surface area is 134 Å². The number of aryl methyl sites for hydroxylation is 1. The van der Waals surface area contributed by atoms with Crippen LogP contribution in [0.3, 0.4) is 0 Å². The Balaban J connectivity index is 1.68. The van der Waals surface area contributed by atoms with E-state index in [0.29, 0.717) is 11.1 Å². The molecule has 0 unspecified atom stereocenters. The number of aromatic nitrogens is 3. The summed E-state index contributed by atoms with van der Waals surface area (Å²) in [6.07, 6.45) is 9.44. The van der Waals surface area contributed by atoms with Crippen LogP contribution < -0.4 is 10.9 Å². The fourth-order valence-electron chi connectivity index (χ4n) is 3.15. The Hall–Kier alpha value is -2.18. The Morgan fingerprint density at radius 3 is 2.74 bits per heavy atom. The minimum absolute atomic E-state index is 0.0249. The predicted molar refractivity (Wildman–Crippen MR) is 85.1 cm³/mol. The normalized spacial score (nSPS) is 16.9. The molecule has 124 valence electrons. The van der Waals surface area contributed by atoms with Crippen molar-refractivity contribution in [2.45, 2.75) is 64.5 Å². The Kier molecular flexibility index (Phi) is 4.73. The summed E-state index contributed by atoms with van der Waals surface area (Å²) in [5, 5.41) is 7.13. The fraction of sp³-hybridized carbons (Fsp3) is 0.625. The zero-order chi connectivity index (χ0) is 16.2. The van der Waals surface area contributed by atoms with Crippen molar-refractivity contribution in [3.8, 4) is 0 Å². The first-order valence-electron chi connectivity index (χ1n) is 8.26. The Morgan fingerprint density at radius 1 is 1.30 bits per heavy atom. The fourth-order valence-corrected chi connectivity index (χ4v) is 3.15. The monoisotopic (exact) mass is 318 g/mol. The third-order valence-corrected chi connectivity index (χ3v) is 4.42. The molecule has 23 heavy (non-hydrogen) atoms. The first-order valence-corrected chi connectivity index (χ1v) is 8.26. The third-order valence-electron chi connectivity index (χ3n) is 4.42. The van der Waals surface area contributed by atoms with E-state index in [0.717, 1.165) is 25.7 Å². The van der Waals surface area contributed by atoms with Crippen LogP contribution in [-0.4, -0.2) is 26.7 Å². The summed E-state index contributed by atoms with van der Waals surface area (Å²) in [4.78, 5) is 28.7. The Bertz CT molecular complexity index is 741. The molecule has 1 aliphatic rings. The van der Waals surface area contributed by atoms with Crippen LogP contribution >= 0.6 is 0 Å². The van der Waals surface area contributed by atoms with Crippen LogP contribution in [0.1, 0.15) is 50.6 Å². The van der Waals surface area contributed by atoms with Crippen LogP contribution in [0.2, 0.25) is 0 Å². The minimum Gasteiger partial charge on any atom is -0.352 e. The average Bonchev–Trinajstić information content (AvgIpc) is 2.87. The number of carbonyl (C=O) groups excluding carboxylic acids is 1.